The summed E-state index contributed by atoms with van der Waals surface area (Å²) in [6, 6.07) is 3.16. The molecule has 0 spiro atoms. The number of Topliss-reactive ketones (excluding diaryl/α,β-unsaturated/α-hetero) is 3. The fourth-order valence-electron chi connectivity index (χ4n) is 7.14. The van der Waals surface area contributed by atoms with Gasteiger partial charge in [0, 0.05) is 30.3 Å². The Kier molecular flexibility index (Phi) is 8.09. The van der Waals surface area contributed by atoms with E-state index in [1.165, 1.54) is 25.1 Å². The molecule has 0 bridgehead atoms. The number of aliphatic hydroxyl groups is 3. The van der Waals surface area contributed by atoms with Gasteiger partial charge in [-0.15, -0.1) is 0 Å². The molecule has 1 unspecified atom stereocenters. The van der Waals surface area contributed by atoms with Crippen LogP contribution in [0.15, 0.2) is 35.1 Å². The molecule has 3 aliphatic carbocycles. The van der Waals surface area contributed by atoms with Crippen molar-refractivity contribution < 1.29 is 44.4 Å². The molecule has 1 saturated carbocycles. The smallest absolute Gasteiger partial charge is 0.255 e. The number of aromatic hydroxyl groups is 1. The average molecular weight is 598 g/mol. The molecule has 0 heterocycles. The summed E-state index contributed by atoms with van der Waals surface area (Å²) in [5.41, 5.74) is 1.31. The van der Waals surface area contributed by atoms with Gasteiger partial charge in [0.1, 0.15) is 22.8 Å². The Hall–Kier alpha value is -4.03. The van der Waals surface area contributed by atoms with E-state index in [1.807, 2.05) is 20.8 Å². The highest BCUT2D eigenvalue weighted by atomic mass is 16.3. The van der Waals surface area contributed by atoms with Crippen molar-refractivity contribution in [2.45, 2.75) is 58.1 Å². The molecule has 3 aliphatic rings. The van der Waals surface area contributed by atoms with Gasteiger partial charge in [-0.3, -0.25) is 28.9 Å². The third-order valence-corrected chi connectivity index (χ3v) is 8.82. The number of hydrogen-bond donors (Lipinski definition) is 6. The summed E-state index contributed by atoms with van der Waals surface area (Å²) in [6.07, 6.45) is -0.208. The molecule has 43 heavy (non-hydrogen) atoms. The molecule has 232 valence electrons. The van der Waals surface area contributed by atoms with Crippen LogP contribution in [0.5, 0.6) is 5.75 Å². The number of nitrogens with two attached hydrogens (primary N) is 1. The van der Waals surface area contributed by atoms with Crippen LogP contribution in [0.4, 0.5) is 0 Å². The Labute approximate surface area is 249 Å². The van der Waals surface area contributed by atoms with Crippen LogP contribution in [0.3, 0.4) is 0 Å². The van der Waals surface area contributed by atoms with Gasteiger partial charge >= 0.3 is 0 Å². The topological polar surface area (TPSA) is 208 Å². The molecule has 0 aromatic heterocycles. The molecule has 0 saturated heterocycles. The van der Waals surface area contributed by atoms with E-state index in [9.17, 15) is 44.4 Å². The number of likely N-dealkylation sites (N-methyl/N-ethyl adjacent to an activating group) is 1. The van der Waals surface area contributed by atoms with Crippen LogP contribution < -0.4 is 11.1 Å². The van der Waals surface area contributed by atoms with E-state index >= 15 is 0 Å². The summed E-state index contributed by atoms with van der Waals surface area (Å²) in [4.78, 5) is 67.5. The molecule has 12 nitrogen and oxygen atoms in total. The first-order chi connectivity index (χ1) is 19.8. The van der Waals surface area contributed by atoms with Gasteiger partial charge in [0.2, 0.25) is 11.7 Å². The molecule has 1 aromatic carbocycles. The lowest BCUT2D eigenvalue weighted by Crippen LogP contribution is -2.69. The molecule has 1 fully saturated rings. The van der Waals surface area contributed by atoms with Crippen LogP contribution in [-0.4, -0.2) is 86.8 Å². The van der Waals surface area contributed by atoms with Gasteiger partial charge in [-0.2, -0.15) is 0 Å². The van der Waals surface area contributed by atoms with Gasteiger partial charge in [0.25, 0.3) is 5.91 Å². The standard InChI is InChI=1S/C31H39N3O9/c1-13-15-8-7-9-17(36)20(15)25(38)21-19(13)16(10-14(35)12-33-18(37)11-30(2,3)4)23-24(34(5)6)26(39)22(29(32)42)28(41)31(23,43)27(21)40/h7-9,13,16,19,23-24,36,38,41,43H,10-12H2,1-6H3,(H2,32,42)(H,33,37)/t13-,16-,19-,23-,24?,31-/m0/s1. The molecule has 0 radical (unpaired) electrons. The van der Waals surface area contributed by atoms with Gasteiger partial charge in [-0.05, 0) is 43.0 Å². The highest BCUT2D eigenvalue weighted by molar-refractivity contribution is 6.24. The number of aliphatic hydroxyl groups excluding tert-OH is 2. The minimum atomic E-state index is -2.92. The maximum Gasteiger partial charge on any atom is 0.255 e. The van der Waals surface area contributed by atoms with Gasteiger partial charge in [0.15, 0.2) is 17.2 Å². The first kappa shape index (κ1) is 31.9. The zero-order valence-corrected chi connectivity index (χ0v) is 25.1. The molecule has 4 rings (SSSR count). The Morgan fingerprint density at radius 3 is 2.28 bits per heavy atom. The number of carbonyl (C=O) groups excluding carboxylic acids is 5. The van der Waals surface area contributed by atoms with Crippen molar-refractivity contribution in [3.8, 4) is 5.75 Å². The number of benzene rings is 1. The summed E-state index contributed by atoms with van der Waals surface area (Å²) >= 11 is 0. The summed E-state index contributed by atoms with van der Waals surface area (Å²) in [5, 5.41) is 48.0. The summed E-state index contributed by atoms with van der Waals surface area (Å²) in [7, 11) is 2.97. The first-order valence-corrected chi connectivity index (χ1v) is 14.1. The number of phenols is 1. The van der Waals surface area contributed by atoms with Crippen molar-refractivity contribution in [3.63, 3.8) is 0 Å². The normalized spacial score (nSPS) is 28.8. The maximum atomic E-state index is 14.3. The third kappa shape index (κ3) is 5.12. The molecular weight excluding hydrogens is 558 g/mol. The van der Waals surface area contributed by atoms with E-state index in [-0.39, 0.29) is 47.6 Å². The molecule has 2 amide bonds. The number of fused-ring (bicyclic) bond motifs is 3. The predicted molar refractivity (Wildman–Crippen MR) is 155 cm³/mol. The lowest BCUT2D eigenvalue weighted by Gasteiger charge is -2.55. The number of rotatable bonds is 7. The molecule has 12 heteroatoms. The minimum absolute atomic E-state index is 0.0363. The molecule has 0 aliphatic heterocycles. The molecule has 1 aromatic rings. The van der Waals surface area contributed by atoms with E-state index in [1.54, 1.807) is 19.1 Å². The first-order valence-electron chi connectivity index (χ1n) is 14.1. The Balaban J connectivity index is 1.93. The summed E-state index contributed by atoms with van der Waals surface area (Å²) < 4.78 is 0. The van der Waals surface area contributed by atoms with Crippen LogP contribution in [0.2, 0.25) is 0 Å². The van der Waals surface area contributed by atoms with Crippen molar-refractivity contribution in [3.05, 3.63) is 46.2 Å². The van der Waals surface area contributed by atoms with E-state index in [4.69, 9.17) is 5.73 Å². The number of nitrogens with zero attached hydrogens (tertiary/aromatic N) is 1. The van der Waals surface area contributed by atoms with Crippen molar-refractivity contribution in [1.82, 2.24) is 10.2 Å². The predicted octanol–water partition coefficient (Wildman–Crippen LogP) is 1.26. The van der Waals surface area contributed by atoms with Crippen molar-refractivity contribution in [2.24, 2.45) is 28.9 Å². The van der Waals surface area contributed by atoms with E-state index in [2.05, 4.69) is 5.32 Å². The number of phenolic OH excluding ortho intramolecular Hbond substituents is 1. The van der Waals surface area contributed by atoms with Gasteiger partial charge in [-0.1, -0.05) is 39.8 Å². The number of amides is 2. The SMILES string of the molecule is C[C@H]1c2cccc(O)c2C(O)=C2C(=O)[C@]3(O)C(O)=C(C(N)=O)C(=O)C(N(C)C)[C@@H]3[C@@H](CC(=O)CNC(=O)CC(C)(C)C)[C@@H]21. The minimum Gasteiger partial charge on any atom is -0.508 e. The fourth-order valence-corrected chi connectivity index (χ4v) is 7.14. The fraction of sp³-hybridized carbons (Fsp3) is 0.516. The number of carbonyl (C=O) groups is 5. The van der Waals surface area contributed by atoms with Crippen molar-refractivity contribution in [2.75, 3.05) is 20.6 Å². The second kappa shape index (κ2) is 10.9. The maximum absolute atomic E-state index is 14.3. The summed E-state index contributed by atoms with van der Waals surface area (Å²) in [6.45, 7) is 6.97. The monoisotopic (exact) mass is 597 g/mol. The highest BCUT2D eigenvalue weighted by Gasteiger charge is 2.68. The van der Waals surface area contributed by atoms with Gasteiger partial charge in [-0.25, -0.2) is 0 Å². The van der Waals surface area contributed by atoms with Crippen molar-refractivity contribution in [1.29, 1.82) is 0 Å². The molecule has 6 atom stereocenters. The van der Waals surface area contributed by atoms with Gasteiger partial charge < -0.3 is 31.5 Å². The largest absolute Gasteiger partial charge is 0.508 e. The number of nitrogens with one attached hydrogen (secondary N) is 1. The summed E-state index contributed by atoms with van der Waals surface area (Å²) in [5.74, 6) is -10.6. The zero-order chi connectivity index (χ0) is 32.3. The van der Waals surface area contributed by atoms with E-state index < -0.39 is 75.7 Å². The zero-order valence-electron chi connectivity index (χ0n) is 25.1. The Bertz CT molecular complexity index is 1490. The highest BCUT2D eigenvalue weighted by Crippen LogP contribution is 2.59. The lowest BCUT2D eigenvalue weighted by molar-refractivity contribution is -0.162. The van der Waals surface area contributed by atoms with Crippen LogP contribution >= 0.6 is 0 Å². The Morgan fingerprint density at radius 2 is 1.72 bits per heavy atom. The van der Waals surface area contributed by atoms with E-state index in [0.717, 1.165) is 0 Å². The molecular formula is C31H39N3O9. The lowest BCUT2D eigenvalue weighted by atomic mass is 9.50. The molecule has 7 N–H and O–H groups in total. The van der Waals surface area contributed by atoms with Crippen LogP contribution in [0, 0.1) is 23.2 Å². The van der Waals surface area contributed by atoms with Crippen LogP contribution in [0.1, 0.15) is 57.6 Å². The second-order valence-corrected chi connectivity index (χ2v) is 13.2. The quantitative estimate of drug-likeness (QED) is 0.248. The number of ketones is 3. The van der Waals surface area contributed by atoms with Crippen molar-refractivity contribution >= 4 is 34.9 Å². The Morgan fingerprint density at radius 1 is 1.09 bits per heavy atom. The number of primary amides is 1. The van der Waals surface area contributed by atoms with Gasteiger partial charge in [0.05, 0.1) is 18.2 Å². The number of hydrogen-bond acceptors (Lipinski definition) is 10. The van der Waals surface area contributed by atoms with E-state index in [0.29, 0.717) is 5.56 Å². The van der Waals surface area contributed by atoms with Crippen LogP contribution in [0.25, 0.3) is 5.76 Å². The second-order valence-electron chi connectivity index (χ2n) is 13.2. The van der Waals surface area contributed by atoms with Crippen LogP contribution in [-0.2, 0) is 24.0 Å². The third-order valence-electron chi connectivity index (χ3n) is 8.82. The average Bonchev–Trinajstić information content (AvgIpc) is 2.87.